The van der Waals surface area contributed by atoms with Crippen molar-refractivity contribution in [1.29, 1.82) is 0 Å². The quantitative estimate of drug-likeness (QED) is 0.725. The zero-order valence-electron chi connectivity index (χ0n) is 14.8. The lowest BCUT2D eigenvalue weighted by Gasteiger charge is -2.27. The molecule has 27 heavy (non-hydrogen) atoms. The van der Waals surface area contributed by atoms with Gasteiger partial charge in [-0.1, -0.05) is 17.7 Å². The van der Waals surface area contributed by atoms with Crippen LogP contribution in [0.3, 0.4) is 0 Å². The number of carbonyl (C=O) groups excluding carboxylic acids is 1. The van der Waals surface area contributed by atoms with Gasteiger partial charge >= 0.3 is 0 Å². The normalized spacial score (nSPS) is 14.4. The first kappa shape index (κ1) is 18.0. The highest BCUT2D eigenvalue weighted by atomic mass is 35.5. The molecule has 6 nitrogen and oxygen atoms in total. The lowest BCUT2D eigenvalue weighted by molar-refractivity contribution is 0.0774. The van der Waals surface area contributed by atoms with Gasteiger partial charge in [-0.05, 0) is 18.2 Å². The highest BCUT2D eigenvalue weighted by Gasteiger charge is 2.22. The molecule has 0 bridgehead atoms. The molecular weight excluding hydrogens is 382 g/mol. The Kier molecular flexibility index (Phi) is 5.13. The molecule has 8 heteroatoms. The molecule has 1 N–H and O–H groups in total. The third kappa shape index (κ3) is 3.70. The number of halogens is 1. The molecule has 1 saturated heterocycles. The Labute approximate surface area is 166 Å². The number of aromatic nitrogens is 3. The average Bonchev–Trinajstić information content (AvgIpc) is 2.73. The van der Waals surface area contributed by atoms with Crippen LogP contribution < -0.4 is 5.32 Å². The van der Waals surface area contributed by atoms with Crippen molar-refractivity contribution in [1.82, 2.24) is 19.9 Å². The third-order valence-electron chi connectivity index (χ3n) is 4.47. The Hall–Kier alpha value is -2.38. The van der Waals surface area contributed by atoms with Gasteiger partial charge < -0.3 is 10.2 Å². The number of hydrogen-bond acceptors (Lipinski definition) is 6. The fourth-order valence-corrected chi connectivity index (χ4v) is 4.12. The molecule has 4 rings (SSSR count). The molecule has 1 fully saturated rings. The van der Waals surface area contributed by atoms with Crippen molar-refractivity contribution in [2.75, 3.05) is 37.0 Å². The highest BCUT2D eigenvalue weighted by Crippen LogP contribution is 2.28. The highest BCUT2D eigenvalue weighted by molar-refractivity contribution is 7.99. The fraction of sp³-hybridized carbons (Fsp3) is 0.263. The minimum Gasteiger partial charge on any atom is -0.357 e. The van der Waals surface area contributed by atoms with Crippen LogP contribution in [0.2, 0.25) is 5.02 Å². The zero-order valence-corrected chi connectivity index (χ0v) is 16.3. The number of carbonyl (C=O) groups is 1. The van der Waals surface area contributed by atoms with Crippen LogP contribution in [-0.4, -0.2) is 57.4 Å². The number of rotatable bonds is 3. The summed E-state index contributed by atoms with van der Waals surface area (Å²) in [6.07, 6.45) is 3.40. The number of fused-ring (bicyclic) bond motifs is 1. The average molecular weight is 400 g/mol. The summed E-state index contributed by atoms with van der Waals surface area (Å²) in [7, 11) is 1.76. The van der Waals surface area contributed by atoms with E-state index in [-0.39, 0.29) is 5.91 Å². The van der Waals surface area contributed by atoms with Crippen LogP contribution in [0, 0.1) is 0 Å². The van der Waals surface area contributed by atoms with Crippen LogP contribution >= 0.6 is 23.4 Å². The number of hydrogen-bond donors (Lipinski definition) is 1. The van der Waals surface area contributed by atoms with Gasteiger partial charge in [-0.2, -0.15) is 11.8 Å². The van der Waals surface area contributed by atoms with Crippen LogP contribution in [-0.2, 0) is 0 Å². The molecule has 0 saturated carbocycles. The van der Waals surface area contributed by atoms with E-state index in [0.717, 1.165) is 35.5 Å². The minimum atomic E-state index is 0.0269. The van der Waals surface area contributed by atoms with Gasteiger partial charge in [0.1, 0.15) is 0 Å². The maximum Gasteiger partial charge on any atom is 0.254 e. The number of nitrogens with zero attached hydrogens (tertiary/aromatic N) is 4. The van der Waals surface area contributed by atoms with E-state index in [4.69, 9.17) is 16.6 Å². The van der Waals surface area contributed by atoms with E-state index in [1.165, 1.54) is 0 Å². The number of thioether (sulfide) groups is 1. The Balaban J connectivity index is 1.83. The Morgan fingerprint density at radius 1 is 1.19 bits per heavy atom. The summed E-state index contributed by atoms with van der Waals surface area (Å²) in [4.78, 5) is 28.3. The second-order valence-electron chi connectivity index (χ2n) is 6.17. The van der Waals surface area contributed by atoms with Crippen molar-refractivity contribution >= 4 is 46.1 Å². The van der Waals surface area contributed by atoms with Crippen molar-refractivity contribution in [2.24, 2.45) is 0 Å². The first-order valence-electron chi connectivity index (χ1n) is 8.63. The lowest BCUT2D eigenvalue weighted by atomic mass is 10.0. The molecule has 1 aliphatic heterocycles. The van der Waals surface area contributed by atoms with E-state index in [2.05, 4.69) is 15.3 Å². The van der Waals surface area contributed by atoms with E-state index in [1.54, 1.807) is 31.6 Å². The Bertz CT molecular complexity index is 989. The van der Waals surface area contributed by atoms with Crippen LogP contribution in [0.5, 0.6) is 0 Å². The molecule has 0 spiro atoms. The van der Waals surface area contributed by atoms with Gasteiger partial charge in [-0.3, -0.25) is 4.79 Å². The van der Waals surface area contributed by atoms with E-state index >= 15 is 0 Å². The molecule has 0 aliphatic carbocycles. The summed E-state index contributed by atoms with van der Waals surface area (Å²) in [6, 6.07) is 7.27. The summed E-state index contributed by atoms with van der Waals surface area (Å²) in [6.45, 7) is 1.52. The smallest absolute Gasteiger partial charge is 0.254 e. The SMILES string of the molecule is CNc1ncc(-c2cc(C(=O)N3CCSCC3)c3ccc(Cl)cc3n2)cn1. The van der Waals surface area contributed by atoms with Gasteiger partial charge in [0.15, 0.2) is 0 Å². The van der Waals surface area contributed by atoms with Crippen LogP contribution in [0.4, 0.5) is 5.95 Å². The van der Waals surface area contributed by atoms with E-state index < -0.39 is 0 Å². The van der Waals surface area contributed by atoms with Crippen LogP contribution in [0.1, 0.15) is 10.4 Å². The summed E-state index contributed by atoms with van der Waals surface area (Å²) >= 11 is 8.04. The molecule has 138 valence electrons. The first-order chi connectivity index (χ1) is 13.2. The number of nitrogens with one attached hydrogen (secondary N) is 1. The summed E-state index contributed by atoms with van der Waals surface area (Å²) in [5.74, 6) is 2.49. The van der Waals surface area contributed by atoms with Gasteiger partial charge in [-0.15, -0.1) is 0 Å². The monoisotopic (exact) mass is 399 g/mol. The summed E-state index contributed by atoms with van der Waals surface area (Å²) in [5.41, 5.74) is 2.73. The molecule has 2 aromatic heterocycles. The van der Waals surface area contributed by atoms with Gasteiger partial charge in [-0.25, -0.2) is 15.0 Å². The Morgan fingerprint density at radius 2 is 1.93 bits per heavy atom. The zero-order chi connectivity index (χ0) is 18.8. The van der Waals surface area contributed by atoms with E-state index in [9.17, 15) is 4.79 Å². The number of benzene rings is 1. The molecule has 1 amide bonds. The number of pyridine rings is 1. The molecule has 0 atom stereocenters. The second-order valence-corrected chi connectivity index (χ2v) is 7.83. The van der Waals surface area contributed by atoms with Gasteiger partial charge in [0.05, 0.1) is 16.8 Å². The predicted octanol–water partition coefficient (Wildman–Crippen LogP) is 3.58. The largest absolute Gasteiger partial charge is 0.357 e. The molecular formula is C19H18ClN5OS. The topological polar surface area (TPSA) is 71.0 Å². The molecule has 1 aromatic carbocycles. The van der Waals surface area contributed by atoms with Gasteiger partial charge in [0.25, 0.3) is 5.91 Å². The van der Waals surface area contributed by atoms with E-state index in [1.807, 2.05) is 28.8 Å². The van der Waals surface area contributed by atoms with Crippen molar-refractivity contribution in [3.05, 3.63) is 47.2 Å². The van der Waals surface area contributed by atoms with Crippen molar-refractivity contribution in [2.45, 2.75) is 0 Å². The lowest BCUT2D eigenvalue weighted by Crippen LogP contribution is -2.38. The molecule has 1 aliphatic rings. The minimum absolute atomic E-state index is 0.0269. The standard InChI is InChI=1S/C19H18ClN5OS/c1-21-19-22-10-12(11-23-19)16-9-15(18(26)25-4-6-27-7-5-25)14-3-2-13(20)8-17(14)24-16/h2-3,8-11H,4-7H2,1H3,(H,21,22,23). The molecule has 3 heterocycles. The van der Waals surface area contributed by atoms with Crippen molar-refractivity contribution < 1.29 is 4.79 Å². The molecule has 0 unspecified atom stereocenters. The van der Waals surface area contributed by atoms with Gasteiger partial charge in [0, 0.05) is 60.0 Å². The summed E-state index contributed by atoms with van der Waals surface area (Å²) < 4.78 is 0. The molecule has 0 radical (unpaired) electrons. The van der Waals surface area contributed by atoms with Gasteiger partial charge in [0.2, 0.25) is 5.95 Å². The second kappa shape index (κ2) is 7.70. The van der Waals surface area contributed by atoms with Crippen LogP contribution in [0.15, 0.2) is 36.7 Å². The van der Waals surface area contributed by atoms with Crippen molar-refractivity contribution in [3.8, 4) is 11.3 Å². The molecule has 3 aromatic rings. The summed E-state index contributed by atoms with van der Waals surface area (Å²) in [5, 5.41) is 4.28. The first-order valence-corrected chi connectivity index (χ1v) is 10.2. The third-order valence-corrected chi connectivity index (χ3v) is 5.65. The fourth-order valence-electron chi connectivity index (χ4n) is 3.05. The predicted molar refractivity (Wildman–Crippen MR) is 111 cm³/mol. The Morgan fingerprint density at radius 3 is 2.63 bits per heavy atom. The number of amides is 1. The number of anilines is 1. The maximum absolute atomic E-state index is 13.2. The maximum atomic E-state index is 13.2. The van der Waals surface area contributed by atoms with E-state index in [0.29, 0.717) is 27.7 Å². The van der Waals surface area contributed by atoms with Crippen LogP contribution in [0.25, 0.3) is 22.2 Å². The van der Waals surface area contributed by atoms with Crippen molar-refractivity contribution in [3.63, 3.8) is 0 Å².